The minimum absolute atomic E-state index is 0.00746. The first-order chi connectivity index (χ1) is 9.86. The highest BCUT2D eigenvalue weighted by atomic mass is 35.5. The molecule has 0 aromatic heterocycles. The van der Waals surface area contributed by atoms with Gasteiger partial charge in [-0.1, -0.05) is 29.9 Å². The topological polar surface area (TPSA) is 83.6 Å². The number of piperidine rings is 1. The molecule has 0 aliphatic carbocycles. The second-order valence-electron chi connectivity index (χ2n) is 5.06. The molecule has 0 radical (unpaired) electrons. The van der Waals surface area contributed by atoms with Crippen molar-refractivity contribution in [2.24, 2.45) is 11.7 Å². The molecule has 1 aromatic carbocycles. The van der Waals surface area contributed by atoms with E-state index >= 15 is 0 Å². The smallest absolute Gasteiger partial charge is 0.244 e. The Balaban J connectivity index is 2.39. The molecule has 2 rings (SSSR count). The molecule has 0 saturated carbocycles. The number of halogens is 1. The highest BCUT2D eigenvalue weighted by Gasteiger charge is 2.31. The van der Waals surface area contributed by atoms with Crippen LogP contribution in [0.25, 0.3) is 0 Å². The standard InChI is InChI=1S/C13H17ClN2O3S2/c14-11-4-3-10(13(15)20)6-12(11)21(18,19)16-5-1-2-9(7-16)8-17/h3-4,6,9,17H,1-2,5,7-8H2,(H2,15,20). The zero-order valence-corrected chi connectivity index (χ0v) is 13.7. The van der Waals surface area contributed by atoms with Gasteiger partial charge in [0.2, 0.25) is 10.0 Å². The van der Waals surface area contributed by atoms with Crippen LogP contribution in [0, 0.1) is 5.92 Å². The van der Waals surface area contributed by atoms with Crippen molar-refractivity contribution < 1.29 is 13.5 Å². The minimum Gasteiger partial charge on any atom is -0.396 e. The van der Waals surface area contributed by atoms with Crippen molar-refractivity contribution in [3.05, 3.63) is 28.8 Å². The SMILES string of the molecule is NC(=S)c1ccc(Cl)c(S(=O)(=O)N2CCCC(CO)C2)c1. The highest BCUT2D eigenvalue weighted by Crippen LogP contribution is 2.29. The van der Waals surface area contributed by atoms with Crippen LogP contribution in [0.15, 0.2) is 23.1 Å². The lowest BCUT2D eigenvalue weighted by atomic mass is 10.0. The average Bonchev–Trinajstić information content (AvgIpc) is 2.47. The van der Waals surface area contributed by atoms with Gasteiger partial charge in [0.05, 0.1) is 5.02 Å². The van der Waals surface area contributed by atoms with Crippen LogP contribution in [0.2, 0.25) is 5.02 Å². The quantitative estimate of drug-likeness (QED) is 0.803. The van der Waals surface area contributed by atoms with Gasteiger partial charge >= 0.3 is 0 Å². The lowest BCUT2D eigenvalue weighted by Gasteiger charge is -2.31. The Morgan fingerprint density at radius 2 is 2.24 bits per heavy atom. The maximum atomic E-state index is 12.7. The number of nitrogens with zero attached hydrogens (tertiary/aromatic N) is 1. The van der Waals surface area contributed by atoms with Gasteiger partial charge < -0.3 is 10.8 Å². The van der Waals surface area contributed by atoms with Crippen LogP contribution in [0.3, 0.4) is 0 Å². The Labute approximate surface area is 134 Å². The monoisotopic (exact) mass is 348 g/mol. The van der Waals surface area contributed by atoms with E-state index in [1.165, 1.54) is 16.4 Å². The number of aliphatic hydroxyl groups is 1. The fourth-order valence-electron chi connectivity index (χ4n) is 2.39. The molecule has 0 amide bonds. The summed E-state index contributed by atoms with van der Waals surface area (Å²) < 4.78 is 26.8. The first kappa shape index (κ1) is 16.6. The van der Waals surface area contributed by atoms with E-state index in [0.717, 1.165) is 12.8 Å². The largest absolute Gasteiger partial charge is 0.396 e. The molecule has 116 valence electrons. The molecule has 1 aromatic rings. The summed E-state index contributed by atoms with van der Waals surface area (Å²) in [6.45, 7) is 0.700. The van der Waals surface area contributed by atoms with Gasteiger partial charge in [-0.05, 0) is 30.9 Å². The Kier molecular flexibility index (Phi) is 5.21. The molecule has 0 spiro atoms. The fourth-order valence-corrected chi connectivity index (χ4v) is 4.57. The zero-order valence-electron chi connectivity index (χ0n) is 11.3. The molecule has 1 atom stereocenters. The van der Waals surface area contributed by atoms with Gasteiger partial charge in [-0.3, -0.25) is 0 Å². The second kappa shape index (κ2) is 6.58. The number of nitrogens with two attached hydrogens (primary N) is 1. The highest BCUT2D eigenvalue weighted by molar-refractivity contribution is 7.89. The van der Waals surface area contributed by atoms with E-state index in [2.05, 4.69) is 0 Å². The van der Waals surface area contributed by atoms with Crippen LogP contribution >= 0.6 is 23.8 Å². The predicted octanol–water partition coefficient (Wildman–Crippen LogP) is 1.37. The molecule has 8 heteroatoms. The Bertz CT molecular complexity index is 649. The molecular formula is C13H17ClN2O3S2. The summed E-state index contributed by atoms with van der Waals surface area (Å²) >= 11 is 10.9. The third kappa shape index (κ3) is 3.54. The number of rotatable bonds is 4. The van der Waals surface area contributed by atoms with Crippen LogP contribution in [-0.4, -0.2) is 42.5 Å². The second-order valence-corrected chi connectivity index (χ2v) is 7.82. The summed E-state index contributed by atoms with van der Waals surface area (Å²) in [6, 6.07) is 4.48. The Hall–Kier alpha value is -0.730. The molecule has 1 aliphatic rings. The summed E-state index contributed by atoms with van der Waals surface area (Å²) in [5.74, 6) is -0.0360. The lowest BCUT2D eigenvalue weighted by molar-refractivity contribution is 0.165. The van der Waals surface area contributed by atoms with Crippen molar-refractivity contribution in [2.45, 2.75) is 17.7 Å². The lowest BCUT2D eigenvalue weighted by Crippen LogP contribution is -2.41. The predicted molar refractivity (Wildman–Crippen MR) is 85.9 cm³/mol. The van der Waals surface area contributed by atoms with E-state index in [-0.39, 0.29) is 27.4 Å². The Morgan fingerprint density at radius 1 is 1.52 bits per heavy atom. The molecule has 1 heterocycles. The first-order valence-electron chi connectivity index (χ1n) is 6.56. The molecule has 1 saturated heterocycles. The number of benzene rings is 1. The maximum absolute atomic E-state index is 12.7. The minimum atomic E-state index is -3.72. The third-order valence-electron chi connectivity index (χ3n) is 3.57. The van der Waals surface area contributed by atoms with E-state index in [4.69, 9.17) is 29.6 Å². The molecule has 1 fully saturated rings. The number of thiocarbonyl (C=S) groups is 1. The van der Waals surface area contributed by atoms with E-state index < -0.39 is 10.0 Å². The van der Waals surface area contributed by atoms with E-state index in [9.17, 15) is 13.5 Å². The number of sulfonamides is 1. The number of aliphatic hydroxyl groups excluding tert-OH is 1. The van der Waals surface area contributed by atoms with Gasteiger partial charge in [0.25, 0.3) is 0 Å². The van der Waals surface area contributed by atoms with Crippen LogP contribution < -0.4 is 5.73 Å². The summed E-state index contributed by atoms with van der Waals surface area (Å²) in [6.07, 6.45) is 1.54. The molecule has 21 heavy (non-hydrogen) atoms. The van der Waals surface area contributed by atoms with Crippen molar-refractivity contribution in [3.63, 3.8) is 0 Å². The van der Waals surface area contributed by atoms with Gasteiger partial charge in [-0.2, -0.15) is 4.31 Å². The van der Waals surface area contributed by atoms with Crippen molar-refractivity contribution in [1.29, 1.82) is 0 Å². The van der Waals surface area contributed by atoms with Gasteiger partial charge in [-0.25, -0.2) is 8.42 Å². The first-order valence-corrected chi connectivity index (χ1v) is 8.79. The van der Waals surface area contributed by atoms with Crippen molar-refractivity contribution in [3.8, 4) is 0 Å². The molecule has 0 bridgehead atoms. The molecule has 1 unspecified atom stereocenters. The number of hydrogen-bond donors (Lipinski definition) is 2. The summed E-state index contributed by atoms with van der Waals surface area (Å²) in [7, 11) is -3.72. The fraction of sp³-hybridized carbons (Fsp3) is 0.462. The molecule has 3 N–H and O–H groups in total. The van der Waals surface area contributed by atoms with Gasteiger partial charge in [0, 0.05) is 25.3 Å². The van der Waals surface area contributed by atoms with Crippen molar-refractivity contribution >= 4 is 38.8 Å². The third-order valence-corrected chi connectivity index (χ3v) is 6.16. The zero-order chi connectivity index (χ0) is 15.6. The van der Waals surface area contributed by atoms with Crippen LogP contribution in [-0.2, 0) is 10.0 Å². The average molecular weight is 349 g/mol. The molecular weight excluding hydrogens is 332 g/mol. The van der Waals surface area contributed by atoms with Gasteiger partial charge in [-0.15, -0.1) is 0 Å². The van der Waals surface area contributed by atoms with Crippen LogP contribution in [0.1, 0.15) is 18.4 Å². The maximum Gasteiger partial charge on any atom is 0.244 e. The molecule has 1 aliphatic heterocycles. The Morgan fingerprint density at radius 3 is 2.86 bits per heavy atom. The normalized spacial score (nSPS) is 20.4. The summed E-state index contributed by atoms with van der Waals surface area (Å²) in [4.78, 5) is 0.128. The summed E-state index contributed by atoms with van der Waals surface area (Å²) in [5.41, 5.74) is 6.01. The van der Waals surface area contributed by atoms with Gasteiger partial charge in [0.15, 0.2) is 0 Å². The van der Waals surface area contributed by atoms with Crippen molar-refractivity contribution in [1.82, 2.24) is 4.31 Å². The summed E-state index contributed by atoms with van der Waals surface area (Å²) in [5, 5.41) is 9.38. The van der Waals surface area contributed by atoms with Crippen LogP contribution in [0.4, 0.5) is 0 Å². The van der Waals surface area contributed by atoms with E-state index in [1.54, 1.807) is 6.07 Å². The number of hydrogen-bond acceptors (Lipinski definition) is 4. The van der Waals surface area contributed by atoms with E-state index in [0.29, 0.717) is 18.7 Å². The van der Waals surface area contributed by atoms with E-state index in [1.807, 2.05) is 0 Å². The molecule has 5 nitrogen and oxygen atoms in total. The van der Waals surface area contributed by atoms with Crippen LogP contribution in [0.5, 0.6) is 0 Å². The van der Waals surface area contributed by atoms with Gasteiger partial charge in [0.1, 0.15) is 9.88 Å². The van der Waals surface area contributed by atoms with Crippen molar-refractivity contribution in [2.75, 3.05) is 19.7 Å².